The van der Waals surface area contributed by atoms with Gasteiger partial charge in [-0.2, -0.15) is 0 Å². The number of benzene rings is 1. The molecule has 0 spiro atoms. The van der Waals surface area contributed by atoms with Crippen molar-refractivity contribution in [2.24, 2.45) is 0 Å². The molecule has 2 aliphatic heterocycles. The summed E-state index contributed by atoms with van der Waals surface area (Å²) in [6, 6.07) is 7.00. The molecule has 2 heterocycles. The maximum absolute atomic E-state index is 5.48. The second-order valence-corrected chi connectivity index (χ2v) is 6.19. The Kier molecular flexibility index (Phi) is 4.09. The molecule has 0 saturated carbocycles. The standard InChI is InChI=1S/C18H26N2O/c1-14-8-9-16(13-18(14)21-3)20-12-6-7-17(20)15(2)19-10-4-5-11-19/h8-9,13,17H,2,4-7,10-12H2,1,3H3/t17-/m0/s1. The van der Waals surface area contributed by atoms with E-state index in [0.29, 0.717) is 6.04 Å². The Balaban J connectivity index is 1.81. The first-order chi connectivity index (χ1) is 10.2. The van der Waals surface area contributed by atoms with E-state index in [-0.39, 0.29) is 0 Å². The van der Waals surface area contributed by atoms with Crippen LogP contribution in [0.2, 0.25) is 0 Å². The molecule has 114 valence electrons. The number of ether oxygens (including phenoxy) is 1. The summed E-state index contributed by atoms with van der Waals surface area (Å²) >= 11 is 0. The predicted octanol–water partition coefficient (Wildman–Crippen LogP) is 3.58. The van der Waals surface area contributed by atoms with E-state index in [4.69, 9.17) is 4.74 Å². The van der Waals surface area contributed by atoms with Crippen LogP contribution >= 0.6 is 0 Å². The van der Waals surface area contributed by atoms with Crippen molar-refractivity contribution in [2.75, 3.05) is 31.6 Å². The van der Waals surface area contributed by atoms with Crippen molar-refractivity contribution in [3.8, 4) is 5.75 Å². The third-order valence-electron chi connectivity index (χ3n) is 4.87. The van der Waals surface area contributed by atoms with E-state index in [1.54, 1.807) is 7.11 Å². The molecule has 0 unspecified atom stereocenters. The summed E-state index contributed by atoms with van der Waals surface area (Å²) in [7, 11) is 1.75. The first kappa shape index (κ1) is 14.3. The quantitative estimate of drug-likeness (QED) is 0.841. The molecule has 21 heavy (non-hydrogen) atoms. The van der Waals surface area contributed by atoms with E-state index >= 15 is 0 Å². The molecular formula is C18H26N2O. The van der Waals surface area contributed by atoms with Crippen molar-refractivity contribution >= 4 is 5.69 Å². The maximum Gasteiger partial charge on any atom is 0.123 e. The minimum Gasteiger partial charge on any atom is -0.496 e. The number of aryl methyl sites for hydroxylation is 1. The molecule has 1 aromatic rings. The lowest BCUT2D eigenvalue weighted by Gasteiger charge is -2.33. The molecule has 0 radical (unpaired) electrons. The fourth-order valence-corrected chi connectivity index (χ4v) is 3.62. The summed E-state index contributed by atoms with van der Waals surface area (Å²) in [5, 5.41) is 0. The van der Waals surface area contributed by atoms with Gasteiger partial charge in [0.2, 0.25) is 0 Å². The molecule has 0 aliphatic carbocycles. The van der Waals surface area contributed by atoms with E-state index < -0.39 is 0 Å². The smallest absolute Gasteiger partial charge is 0.123 e. The number of anilines is 1. The number of rotatable bonds is 4. The van der Waals surface area contributed by atoms with Crippen LogP contribution in [0.25, 0.3) is 0 Å². The molecule has 0 N–H and O–H groups in total. The van der Waals surface area contributed by atoms with Crippen LogP contribution in [-0.2, 0) is 0 Å². The third-order valence-corrected chi connectivity index (χ3v) is 4.87. The monoisotopic (exact) mass is 286 g/mol. The summed E-state index contributed by atoms with van der Waals surface area (Å²) in [4.78, 5) is 4.98. The summed E-state index contributed by atoms with van der Waals surface area (Å²) < 4.78 is 5.48. The van der Waals surface area contributed by atoms with Crippen LogP contribution in [-0.4, -0.2) is 37.7 Å². The summed E-state index contributed by atoms with van der Waals surface area (Å²) in [5.74, 6) is 0.977. The number of methoxy groups -OCH3 is 1. The van der Waals surface area contributed by atoms with Gasteiger partial charge >= 0.3 is 0 Å². The molecule has 2 aliphatic rings. The SMILES string of the molecule is C=C([C@@H]1CCCN1c1ccc(C)c(OC)c1)N1CCCC1. The average Bonchev–Trinajstić information content (AvgIpc) is 3.18. The van der Waals surface area contributed by atoms with Gasteiger partial charge in [0.05, 0.1) is 13.2 Å². The first-order valence-corrected chi connectivity index (χ1v) is 8.05. The molecule has 0 aromatic heterocycles. The zero-order valence-corrected chi connectivity index (χ0v) is 13.3. The number of likely N-dealkylation sites (tertiary alicyclic amines) is 1. The highest BCUT2D eigenvalue weighted by Crippen LogP contribution is 2.34. The molecule has 1 aromatic carbocycles. The fraction of sp³-hybridized carbons (Fsp3) is 0.556. The van der Waals surface area contributed by atoms with Crippen LogP contribution in [0.3, 0.4) is 0 Å². The van der Waals surface area contributed by atoms with Gasteiger partial charge in [0.15, 0.2) is 0 Å². The highest BCUT2D eigenvalue weighted by atomic mass is 16.5. The van der Waals surface area contributed by atoms with E-state index in [1.807, 2.05) is 0 Å². The Hall–Kier alpha value is -1.64. The maximum atomic E-state index is 5.48. The van der Waals surface area contributed by atoms with Crippen molar-refractivity contribution in [3.63, 3.8) is 0 Å². The van der Waals surface area contributed by atoms with Gasteiger partial charge in [-0.3, -0.25) is 0 Å². The van der Waals surface area contributed by atoms with Gasteiger partial charge in [-0.1, -0.05) is 12.6 Å². The Morgan fingerprint density at radius 3 is 2.67 bits per heavy atom. The van der Waals surface area contributed by atoms with E-state index in [1.165, 1.54) is 55.7 Å². The first-order valence-electron chi connectivity index (χ1n) is 8.05. The molecule has 0 bridgehead atoms. The molecule has 3 rings (SSSR count). The highest BCUT2D eigenvalue weighted by Gasteiger charge is 2.30. The Bertz CT molecular complexity index is 520. The molecule has 0 amide bonds. The van der Waals surface area contributed by atoms with Crippen molar-refractivity contribution in [1.29, 1.82) is 0 Å². The lowest BCUT2D eigenvalue weighted by Crippen LogP contribution is -2.37. The Morgan fingerprint density at radius 2 is 1.95 bits per heavy atom. The second-order valence-electron chi connectivity index (χ2n) is 6.19. The topological polar surface area (TPSA) is 15.7 Å². The van der Waals surface area contributed by atoms with Crippen LogP contribution in [0.1, 0.15) is 31.2 Å². The van der Waals surface area contributed by atoms with Gasteiger partial charge in [0, 0.05) is 37.1 Å². The van der Waals surface area contributed by atoms with Gasteiger partial charge < -0.3 is 14.5 Å². The zero-order chi connectivity index (χ0) is 14.8. The van der Waals surface area contributed by atoms with E-state index in [2.05, 4.69) is 41.5 Å². The molecule has 2 fully saturated rings. The molecule has 1 atom stereocenters. The average molecular weight is 286 g/mol. The third kappa shape index (κ3) is 2.74. The van der Waals surface area contributed by atoms with Gasteiger partial charge in [0.25, 0.3) is 0 Å². The zero-order valence-electron chi connectivity index (χ0n) is 13.3. The van der Waals surface area contributed by atoms with Crippen LogP contribution < -0.4 is 9.64 Å². The summed E-state index contributed by atoms with van der Waals surface area (Å²) in [6.07, 6.45) is 5.08. The normalized spacial score (nSPS) is 21.9. The molecule has 2 saturated heterocycles. The lowest BCUT2D eigenvalue weighted by atomic mass is 10.1. The van der Waals surface area contributed by atoms with Crippen molar-refractivity contribution < 1.29 is 4.74 Å². The fourth-order valence-electron chi connectivity index (χ4n) is 3.62. The Labute approximate surface area is 128 Å². The highest BCUT2D eigenvalue weighted by molar-refractivity contribution is 5.56. The number of nitrogens with zero attached hydrogens (tertiary/aromatic N) is 2. The van der Waals surface area contributed by atoms with Gasteiger partial charge in [-0.15, -0.1) is 0 Å². The lowest BCUT2D eigenvalue weighted by molar-refractivity contribution is 0.393. The molecule has 3 nitrogen and oxygen atoms in total. The molecular weight excluding hydrogens is 260 g/mol. The van der Waals surface area contributed by atoms with Crippen LogP contribution in [0, 0.1) is 6.92 Å². The summed E-state index contributed by atoms with van der Waals surface area (Å²) in [5.41, 5.74) is 3.76. The van der Waals surface area contributed by atoms with Crippen LogP contribution in [0.5, 0.6) is 5.75 Å². The van der Waals surface area contributed by atoms with Crippen LogP contribution in [0.15, 0.2) is 30.5 Å². The molecule has 3 heteroatoms. The number of hydrogen-bond acceptors (Lipinski definition) is 3. The largest absolute Gasteiger partial charge is 0.496 e. The van der Waals surface area contributed by atoms with Crippen LogP contribution in [0.4, 0.5) is 5.69 Å². The second kappa shape index (κ2) is 6.00. The van der Waals surface area contributed by atoms with Crippen molar-refractivity contribution in [1.82, 2.24) is 4.90 Å². The summed E-state index contributed by atoms with van der Waals surface area (Å²) in [6.45, 7) is 9.97. The Morgan fingerprint density at radius 1 is 1.19 bits per heavy atom. The van der Waals surface area contributed by atoms with Gasteiger partial charge in [-0.05, 0) is 44.2 Å². The number of hydrogen-bond donors (Lipinski definition) is 0. The minimum absolute atomic E-state index is 0.454. The predicted molar refractivity (Wildman–Crippen MR) is 88.0 cm³/mol. The minimum atomic E-state index is 0.454. The van der Waals surface area contributed by atoms with Crippen molar-refractivity contribution in [3.05, 3.63) is 36.0 Å². The van der Waals surface area contributed by atoms with Gasteiger partial charge in [-0.25, -0.2) is 0 Å². The van der Waals surface area contributed by atoms with E-state index in [9.17, 15) is 0 Å². The van der Waals surface area contributed by atoms with Gasteiger partial charge in [0.1, 0.15) is 5.75 Å². The van der Waals surface area contributed by atoms with Crippen molar-refractivity contribution in [2.45, 2.75) is 38.6 Å². The van der Waals surface area contributed by atoms with E-state index in [0.717, 1.165) is 12.3 Å².